The third-order valence-corrected chi connectivity index (χ3v) is 1.58. The Bertz CT molecular complexity index is 313. The van der Waals surface area contributed by atoms with Gasteiger partial charge in [-0.2, -0.15) is 0 Å². The highest BCUT2D eigenvalue weighted by molar-refractivity contribution is 6.17. The average molecular weight is 243 g/mol. The second-order valence-corrected chi connectivity index (χ2v) is 4.86. The van der Waals surface area contributed by atoms with Gasteiger partial charge in [-0.3, -0.25) is 4.79 Å². The number of methoxy groups -OCH3 is 1. The molecule has 17 heavy (non-hydrogen) atoms. The molecule has 0 fully saturated rings. The maximum absolute atomic E-state index is 11.8. The molecule has 5 nitrogen and oxygen atoms in total. The third kappa shape index (κ3) is 6.73. The molecule has 0 spiro atoms. The number of carbonyl (C=O) groups is 2. The van der Waals surface area contributed by atoms with E-state index in [0.717, 1.165) is 0 Å². The van der Waals surface area contributed by atoms with Gasteiger partial charge in [0, 0.05) is 27.4 Å². The zero-order chi connectivity index (χ0) is 13.6. The number of esters is 1. The molecule has 0 aliphatic rings. The van der Waals surface area contributed by atoms with Crippen LogP contribution >= 0.6 is 0 Å². The largest absolute Gasteiger partial charge is 0.456 e. The van der Waals surface area contributed by atoms with Crippen molar-refractivity contribution in [1.29, 1.82) is 0 Å². The van der Waals surface area contributed by atoms with Crippen molar-refractivity contribution in [2.24, 2.45) is 0 Å². The standard InChI is InChI=1S/C12H21NO4/c1-12(2,3)17-11(15)9(7-13(4)5)10(14)8-16-6/h7H,8H2,1-6H3/b9-7+. The molecule has 0 atom stereocenters. The fourth-order valence-corrected chi connectivity index (χ4v) is 1.04. The van der Waals surface area contributed by atoms with Gasteiger partial charge in [-0.05, 0) is 20.8 Å². The highest BCUT2D eigenvalue weighted by atomic mass is 16.6. The molecule has 0 saturated carbocycles. The second-order valence-electron chi connectivity index (χ2n) is 4.86. The van der Waals surface area contributed by atoms with Crippen LogP contribution in [0.2, 0.25) is 0 Å². The molecule has 0 aliphatic carbocycles. The van der Waals surface area contributed by atoms with Crippen molar-refractivity contribution >= 4 is 11.8 Å². The molecule has 0 saturated heterocycles. The number of nitrogens with zero attached hydrogens (tertiary/aromatic N) is 1. The van der Waals surface area contributed by atoms with Crippen molar-refractivity contribution in [1.82, 2.24) is 4.90 Å². The highest BCUT2D eigenvalue weighted by Gasteiger charge is 2.24. The van der Waals surface area contributed by atoms with E-state index in [1.165, 1.54) is 13.3 Å². The van der Waals surface area contributed by atoms with Gasteiger partial charge < -0.3 is 14.4 Å². The van der Waals surface area contributed by atoms with Gasteiger partial charge in [-0.25, -0.2) is 4.79 Å². The number of hydrogen-bond donors (Lipinski definition) is 0. The zero-order valence-electron chi connectivity index (χ0n) is 11.4. The first-order chi connectivity index (χ1) is 7.67. The normalized spacial score (nSPS) is 12.2. The Balaban J connectivity index is 4.94. The summed E-state index contributed by atoms with van der Waals surface area (Å²) in [5, 5.41) is 0. The summed E-state index contributed by atoms with van der Waals surface area (Å²) in [5.74, 6) is -1.02. The van der Waals surface area contributed by atoms with Gasteiger partial charge in [-0.15, -0.1) is 0 Å². The van der Waals surface area contributed by atoms with Gasteiger partial charge in [0.05, 0.1) is 0 Å². The molecule has 98 valence electrons. The van der Waals surface area contributed by atoms with Crippen LogP contribution in [0.15, 0.2) is 11.8 Å². The molecule has 0 unspecified atom stereocenters. The van der Waals surface area contributed by atoms with Gasteiger partial charge in [0.25, 0.3) is 0 Å². The van der Waals surface area contributed by atoms with Crippen molar-refractivity contribution < 1.29 is 19.1 Å². The predicted molar refractivity (Wildman–Crippen MR) is 64.5 cm³/mol. The molecular formula is C12H21NO4. The summed E-state index contributed by atoms with van der Waals surface area (Å²) in [6.07, 6.45) is 1.44. The lowest BCUT2D eigenvalue weighted by atomic mass is 10.1. The Hall–Kier alpha value is -1.36. The number of carbonyl (C=O) groups excluding carboxylic acids is 2. The van der Waals surface area contributed by atoms with Crippen molar-refractivity contribution in [3.63, 3.8) is 0 Å². The minimum atomic E-state index is -0.631. The molecule has 0 heterocycles. The minimum absolute atomic E-state index is 0.00762. The minimum Gasteiger partial charge on any atom is -0.456 e. The Morgan fingerprint density at radius 1 is 1.24 bits per heavy atom. The first kappa shape index (κ1) is 15.6. The van der Waals surface area contributed by atoms with Crippen molar-refractivity contribution in [3.05, 3.63) is 11.8 Å². The zero-order valence-corrected chi connectivity index (χ0v) is 11.4. The highest BCUT2D eigenvalue weighted by Crippen LogP contribution is 2.12. The Morgan fingerprint density at radius 2 is 1.76 bits per heavy atom. The predicted octanol–water partition coefficient (Wildman–Crippen LogP) is 0.989. The van der Waals surface area contributed by atoms with Crippen LogP contribution in [-0.4, -0.2) is 50.1 Å². The maximum Gasteiger partial charge on any atom is 0.343 e. The molecule has 0 rings (SSSR count). The molecule has 0 aromatic heterocycles. The lowest BCUT2D eigenvalue weighted by Crippen LogP contribution is -2.29. The lowest BCUT2D eigenvalue weighted by Gasteiger charge is -2.20. The Kier molecular flexibility index (Phi) is 5.88. The summed E-state index contributed by atoms with van der Waals surface area (Å²) in [6, 6.07) is 0. The van der Waals surface area contributed by atoms with E-state index in [2.05, 4.69) is 0 Å². The third-order valence-electron chi connectivity index (χ3n) is 1.58. The van der Waals surface area contributed by atoms with Crippen LogP contribution in [-0.2, 0) is 19.1 Å². The molecule has 0 amide bonds. The van der Waals surface area contributed by atoms with Crippen LogP contribution in [0.3, 0.4) is 0 Å². The van der Waals surface area contributed by atoms with Crippen LogP contribution in [0.1, 0.15) is 20.8 Å². The van der Waals surface area contributed by atoms with E-state index < -0.39 is 17.4 Å². The number of hydrogen-bond acceptors (Lipinski definition) is 5. The molecule has 0 N–H and O–H groups in total. The van der Waals surface area contributed by atoms with Crippen molar-refractivity contribution in [2.45, 2.75) is 26.4 Å². The van der Waals surface area contributed by atoms with E-state index in [1.807, 2.05) is 0 Å². The van der Waals surface area contributed by atoms with E-state index in [4.69, 9.17) is 9.47 Å². The molecule has 0 aliphatic heterocycles. The molecule has 0 bridgehead atoms. The molecule has 0 aromatic carbocycles. The molecule has 0 radical (unpaired) electrons. The fourth-order valence-electron chi connectivity index (χ4n) is 1.04. The quantitative estimate of drug-likeness (QED) is 0.312. The summed E-state index contributed by atoms with van der Waals surface area (Å²) in [6.45, 7) is 5.11. The Morgan fingerprint density at radius 3 is 2.12 bits per heavy atom. The number of ketones is 1. The summed E-state index contributed by atoms with van der Waals surface area (Å²) in [4.78, 5) is 25.1. The first-order valence-corrected chi connectivity index (χ1v) is 5.31. The van der Waals surface area contributed by atoms with Crippen LogP contribution in [0.25, 0.3) is 0 Å². The molecular weight excluding hydrogens is 222 g/mol. The monoisotopic (exact) mass is 243 g/mol. The van der Waals surface area contributed by atoms with Crippen LogP contribution in [0.4, 0.5) is 0 Å². The topological polar surface area (TPSA) is 55.8 Å². The average Bonchev–Trinajstić information content (AvgIpc) is 2.11. The summed E-state index contributed by atoms with van der Waals surface area (Å²) < 4.78 is 9.89. The van der Waals surface area contributed by atoms with E-state index in [-0.39, 0.29) is 12.2 Å². The molecule has 0 aromatic rings. The van der Waals surface area contributed by atoms with Gasteiger partial charge in [-0.1, -0.05) is 0 Å². The van der Waals surface area contributed by atoms with Crippen LogP contribution in [0, 0.1) is 0 Å². The summed E-state index contributed by atoms with van der Waals surface area (Å²) >= 11 is 0. The first-order valence-electron chi connectivity index (χ1n) is 5.31. The molecule has 5 heteroatoms. The number of ether oxygens (including phenoxy) is 2. The number of rotatable bonds is 5. The summed E-state index contributed by atoms with van der Waals surface area (Å²) in [7, 11) is 4.86. The van der Waals surface area contributed by atoms with Crippen molar-refractivity contribution in [3.8, 4) is 0 Å². The van der Waals surface area contributed by atoms with Gasteiger partial charge in [0.1, 0.15) is 17.8 Å². The van der Waals surface area contributed by atoms with E-state index in [0.29, 0.717) is 0 Å². The van der Waals surface area contributed by atoms with Gasteiger partial charge in [0.15, 0.2) is 5.78 Å². The van der Waals surface area contributed by atoms with E-state index >= 15 is 0 Å². The van der Waals surface area contributed by atoms with Gasteiger partial charge >= 0.3 is 5.97 Å². The smallest absolute Gasteiger partial charge is 0.343 e. The van der Waals surface area contributed by atoms with Crippen molar-refractivity contribution in [2.75, 3.05) is 27.8 Å². The second kappa shape index (κ2) is 6.39. The Labute approximate surface area is 102 Å². The lowest BCUT2D eigenvalue weighted by molar-refractivity contribution is -0.151. The van der Waals surface area contributed by atoms with E-state index in [1.54, 1.807) is 39.8 Å². The van der Waals surface area contributed by atoms with Gasteiger partial charge in [0.2, 0.25) is 0 Å². The fraction of sp³-hybridized carbons (Fsp3) is 0.667. The van der Waals surface area contributed by atoms with E-state index in [9.17, 15) is 9.59 Å². The maximum atomic E-state index is 11.8. The SMILES string of the molecule is COCC(=O)/C(=C\N(C)C)C(=O)OC(C)(C)C. The summed E-state index contributed by atoms with van der Waals surface area (Å²) in [5.41, 5.74) is -0.637. The van der Waals surface area contributed by atoms with Crippen LogP contribution in [0.5, 0.6) is 0 Å². The number of Topliss-reactive ketones (excluding diaryl/α,β-unsaturated/α-hetero) is 1. The van der Waals surface area contributed by atoms with Crippen LogP contribution < -0.4 is 0 Å².